The summed E-state index contributed by atoms with van der Waals surface area (Å²) in [5.74, 6) is 0. The van der Waals surface area contributed by atoms with Gasteiger partial charge in [0, 0.05) is 0 Å². The SMILES string of the molecule is CC[Si]OO[Si](=O)OO[Si]CC. The molecule has 0 rings (SSSR count). The average Bonchev–Trinajstić information content (AvgIpc) is 2.06. The predicted octanol–water partition coefficient (Wildman–Crippen LogP) is 0.413. The predicted molar refractivity (Wildman–Crippen MR) is 43.3 cm³/mol. The van der Waals surface area contributed by atoms with Gasteiger partial charge >= 0.3 is 9.17 Å². The quantitative estimate of drug-likeness (QED) is 0.258. The Balaban J connectivity index is 3.10. The summed E-state index contributed by atoms with van der Waals surface area (Å²) >= 11 is 0. The first-order valence-electron chi connectivity index (χ1n) is 3.48. The van der Waals surface area contributed by atoms with Crippen LogP contribution in [0.4, 0.5) is 0 Å². The maximum atomic E-state index is 10.7. The Bertz CT molecular complexity index is 109. The van der Waals surface area contributed by atoms with Crippen molar-refractivity contribution in [2.45, 2.75) is 25.9 Å². The molecule has 0 aromatic carbocycles. The van der Waals surface area contributed by atoms with Crippen molar-refractivity contribution >= 4 is 28.7 Å². The van der Waals surface area contributed by atoms with Crippen LogP contribution in [0.2, 0.25) is 12.1 Å². The van der Waals surface area contributed by atoms with Gasteiger partial charge in [0.05, 0.1) is 0 Å². The number of hydrogen-bond acceptors (Lipinski definition) is 5. The molecule has 0 saturated carbocycles. The summed E-state index contributed by atoms with van der Waals surface area (Å²) in [6.45, 7) is 3.85. The van der Waals surface area contributed by atoms with Gasteiger partial charge in [-0.2, -0.15) is 0 Å². The van der Waals surface area contributed by atoms with Crippen LogP contribution >= 0.6 is 0 Å². The molecule has 0 spiro atoms. The van der Waals surface area contributed by atoms with Crippen molar-refractivity contribution in [1.82, 2.24) is 0 Å². The van der Waals surface area contributed by atoms with Crippen molar-refractivity contribution in [2.75, 3.05) is 0 Å². The molecular formula is C4H10O5Si3. The van der Waals surface area contributed by atoms with Crippen LogP contribution in [0.1, 0.15) is 13.8 Å². The fraction of sp³-hybridized carbons (Fsp3) is 1.00. The largest absolute Gasteiger partial charge is 0.833 e. The second kappa shape index (κ2) is 9.06. The fourth-order valence-corrected chi connectivity index (χ4v) is 1.54. The third kappa shape index (κ3) is 8.07. The zero-order chi connectivity index (χ0) is 9.23. The summed E-state index contributed by atoms with van der Waals surface area (Å²) in [6, 6.07) is 1.65. The van der Waals surface area contributed by atoms with Gasteiger partial charge in [-0.15, -0.1) is 0 Å². The summed E-state index contributed by atoms with van der Waals surface area (Å²) < 4.78 is 28.4. The van der Waals surface area contributed by atoms with Gasteiger partial charge in [0.2, 0.25) is 0 Å². The molecule has 0 aromatic rings. The summed E-state index contributed by atoms with van der Waals surface area (Å²) in [7, 11) is -2.25. The van der Waals surface area contributed by atoms with E-state index >= 15 is 0 Å². The summed E-state index contributed by atoms with van der Waals surface area (Å²) in [5, 5.41) is 0. The highest BCUT2D eigenvalue weighted by atomic mass is 28.3. The van der Waals surface area contributed by atoms with Crippen LogP contribution in [0, 0.1) is 0 Å². The van der Waals surface area contributed by atoms with Gasteiger partial charge in [-0.3, -0.25) is 13.6 Å². The van der Waals surface area contributed by atoms with E-state index in [1.54, 1.807) is 0 Å². The molecule has 8 heteroatoms. The molecule has 0 atom stereocenters. The Morgan fingerprint density at radius 1 is 1.08 bits per heavy atom. The highest BCUT2D eigenvalue weighted by Crippen LogP contribution is 1.85. The Morgan fingerprint density at radius 2 is 1.50 bits per heavy atom. The molecule has 0 aliphatic heterocycles. The molecule has 0 aromatic heterocycles. The number of hydrogen-bond donors (Lipinski definition) is 0. The third-order valence-electron chi connectivity index (χ3n) is 0.626. The lowest BCUT2D eigenvalue weighted by Gasteiger charge is -2.00. The van der Waals surface area contributed by atoms with E-state index in [0.29, 0.717) is 0 Å². The zero-order valence-electron chi connectivity index (χ0n) is 6.96. The molecule has 68 valence electrons. The second-order valence-electron chi connectivity index (χ2n) is 1.58. The average molecular weight is 222 g/mol. The molecule has 0 unspecified atom stereocenters. The minimum Gasteiger partial charge on any atom is -0.339 e. The van der Waals surface area contributed by atoms with E-state index in [4.69, 9.17) is 0 Å². The van der Waals surface area contributed by atoms with Gasteiger partial charge in [-0.05, 0) is 12.1 Å². The van der Waals surface area contributed by atoms with Crippen molar-refractivity contribution in [1.29, 1.82) is 0 Å². The van der Waals surface area contributed by atoms with E-state index in [9.17, 15) is 4.46 Å². The summed E-state index contributed by atoms with van der Waals surface area (Å²) in [6.07, 6.45) is 0. The van der Waals surface area contributed by atoms with Crippen LogP contribution in [-0.4, -0.2) is 28.7 Å². The van der Waals surface area contributed by atoms with Crippen molar-refractivity contribution < 1.29 is 22.8 Å². The molecule has 12 heavy (non-hydrogen) atoms. The lowest BCUT2D eigenvalue weighted by atomic mass is 11.0. The van der Waals surface area contributed by atoms with E-state index in [2.05, 4.69) is 18.3 Å². The van der Waals surface area contributed by atoms with E-state index in [-0.39, 0.29) is 19.5 Å². The van der Waals surface area contributed by atoms with Crippen molar-refractivity contribution in [3.8, 4) is 0 Å². The van der Waals surface area contributed by atoms with E-state index in [1.807, 2.05) is 13.8 Å². The van der Waals surface area contributed by atoms with Crippen molar-refractivity contribution in [3.05, 3.63) is 0 Å². The fourth-order valence-electron chi connectivity index (χ4n) is 0.259. The molecular weight excluding hydrogens is 212 g/mol. The van der Waals surface area contributed by atoms with Crippen LogP contribution in [0.25, 0.3) is 0 Å². The molecule has 0 aliphatic carbocycles. The first-order chi connectivity index (χ1) is 5.81. The van der Waals surface area contributed by atoms with Crippen LogP contribution < -0.4 is 0 Å². The van der Waals surface area contributed by atoms with E-state index in [0.717, 1.165) is 12.1 Å². The Labute approximate surface area is 78.0 Å². The Morgan fingerprint density at radius 3 is 1.83 bits per heavy atom. The normalized spacial score (nSPS) is 9.50. The minimum atomic E-state index is -2.62. The topological polar surface area (TPSA) is 54.0 Å². The number of rotatable bonds is 8. The molecule has 0 aliphatic rings. The highest BCUT2D eigenvalue weighted by molar-refractivity contribution is 6.31. The van der Waals surface area contributed by atoms with Gasteiger partial charge in [-0.1, -0.05) is 13.8 Å². The molecule has 0 saturated heterocycles. The lowest BCUT2D eigenvalue weighted by molar-refractivity contribution is -0.195. The van der Waals surface area contributed by atoms with Gasteiger partial charge in [0.25, 0.3) is 19.5 Å². The Kier molecular flexibility index (Phi) is 9.04. The van der Waals surface area contributed by atoms with Crippen LogP contribution in [0.3, 0.4) is 0 Å². The maximum Gasteiger partial charge on any atom is 0.833 e. The van der Waals surface area contributed by atoms with Gasteiger partial charge in [-0.25, -0.2) is 0 Å². The highest BCUT2D eigenvalue weighted by Gasteiger charge is 2.13. The van der Waals surface area contributed by atoms with Gasteiger partial charge in [0.15, 0.2) is 0 Å². The van der Waals surface area contributed by atoms with Gasteiger partial charge in [0.1, 0.15) is 0 Å². The van der Waals surface area contributed by atoms with Crippen LogP contribution in [-0.2, 0) is 22.8 Å². The maximum absolute atomic E-state index is 10.7. The van der Waals surface area contributed by atoms with Crippen molar-refractivity contribution in [3.63, 3.8) is 0 Å². The first-order valence-corrected chi connectivity index (χ1v) is 6.93. The third-order valence-corrected chi connectivity index (χ3v) is 2.38. The van der Waals surface area contributed by atoms with E-state index < -0.39 is 9.17 Å². The van der Waals surface area contributed by atoms with E-state index in [1.165, 1.54) is 0 Å². The van der Waals surface area contributed by atoms with Crippen LogP contribution in [0.15, 0.2) is 0 Å². The monoisotopic (exact) mass is 222 g/mol. The van der Waals surface area contributed by atoms with Gasteiger partial charge < -0.3 is 9.15 Å². The summed E-state index contributed by atoms with van der Waals surface area (Å²) in [5.41, 5.74) is 0. The van der Waals surface area contributed by atoms with Crippen LogP contribution in [0.5, 0.6) is 0 Å². The molecule has 0 N–H and O–H groups in total. The minimum absolute atomic E-state index is 0.183. The molecule has 5 nitrogen and oxygen atoms in total. The second-order valence-corrected chi connectivity index (χ2v) is 4.74. The molecule has 0 fully saturated rings. The molecule has 0 amide bonds. The first kappa shape index (κ1) is 12.0. The molecule has 0 bridgehead atoms. The summed E-state index contributed by atoms with van der Waals surface area (Å²) in [4.78, 5) is 0. The lowest BCUT2D eigenvalue weighted by Crippen LogP contribution is -2.15. The van der Waals surface area contributed by atoms with Crippen molar-refractivity contribution in [2.24, 2.45) is 0 Å². The molecule has 0 heterocycles. The molecule has 4 radical (unpaired) electrons. The standard InChI is InChI=1S/C4H10O5Si3/c1-3-10-6-8-12(5)9-7-11-4-2/h3-4H2,1-2H3. The smallest absolute Gasteiger partial charge is 0.339 e. The Hall–Kier alpha value is -0.0294. The zero-order valence-corrected chi connectivity index (χ0v) is 9.96.